The Morgan fingerprint density at radius 3 is 2.64 bits per heavy atom. The molecule has 146 valence electrons. The zero-order chi connectivity index (χ0) is 19.7. The topological polar surface area (TPSA) is 83.9 Å². The van der Waals surface area contributed by atoms with Crippen molar-refractivity contribution < 1.29 is 0 Å². The van der Waals surface area contributed by atoms with Crippen molar-refractivity contribution in [1.29, 1.82) is 0 Å². The van der Waals surface area contributed by atoms with Crippen LogP contribution in [0.2, 0.25) is 0 Å². The number of anilines is 1. The molecule has 7 heteroatoms. The Kier molecular flexibility index (Phi) is 4.98. The standard InChI is InChI=1S/C21H25N5O2/c1-3-6-15-12-22-21(23-13-15)25-10-9-16(11-14(25)2)26-18-8-5-4-7-17(18)24-19(27)20(26)28/h4-5,7-8,12-14,16H,3,6,9-11H2,1-2H3,(H,24,27). The molecule has 0 saturated carbocycles. The number of hydrogen-bond donors (Lipinski definition) is 1. The van der Waals surface area contributed by atoms with Crippen LogP contribution in [-0.4, -0.2) is 32.1 Å². The molecule has 2 unspecified atom stereocenters. The summed E-state index contributed by atoms with van der Waals surface area (Å²) in [4.78, 5) is 38.7. The third-order valence-corrected chi connectivity index (χ3v) is 5.53. The van der Waals surface area contributed by atoms with Crippen LogP contribution in [0.1, 0.15) is 44.7 Å². The lowest BCUT2D eigenvalue weighted by molar-refractivity contribution is 0.345. The molecule has 3 aromatic rings. The van der Waals surface area contributed by atoms with Crippen LogP contribution < -0.4 is 16.0 Å². The lowest BCUT2D eigenvalue weighted by Crippen LogP contribution is -2.46. The van der Waals surface area contributed by atoms with E-state index in [0.29, 0.717) is 5.52 Å². The van der Waals surface area contributed by atoms with Gasteiger partial charge in [-0.25, -0.2) is 9.97 Å². The summed E-state index contributed by atoms with van der Waals surface area (Å²) in [6, 6.07) is 7.61. The van der Waals surface area contributed by atoms with Gasteiger partial charge in [0.25, 0.3) is 0 Å². The van der Waals surface area contributed by atoms with Crippen LogP contribution in [0.25, 0.3) is 11.0 Å². The van der Waals surface area contributed by atoms with E-state index in [1.54, 1.807) is 4.57 Å². The second-order valence-corrected chi connectivity index (χ2v) is 7.51. The summed E-state index contributed by atoms with van der Waals surface area (Å²) < 4.78 is 1.67. The number of para-hydroxylation sites is 2. The fraction of sp³-hybridized carbons (Fsp3) is 0.429. The van der Waals surface area contributed by atoms with Crippen LogP contribution in [0.4, 0.5) is 5.95 Å². The zero-order valence-corrected chi connectivity index (χ0v) is 16.3. The van der Waals surface area contributed by atoms with Crippen LogP contribution in [0.15, 0.2) is 46.2 Å². The van der Waals surface area contributed by atoms with Crippen LogP contribution in [0.3, 0.4) is 0 Å². The molecule has 0 spiro atoms. The molecule has 0 aliphatic carbocycles. The number of nitrogens with one attached hydrogen (secondary N) is 1. The third kappa shape index (κ3) is 3.32. The maximum atomic E-state index is 12.6. The van der Waals surface area contributed by atoms with E-state index in [1.807, 2.05) is 36.7 Å². The molecule has 2 aromatic heterocycles. The van der Waals surface area contributed by atoms with E-state index < -0.39 is 11.1 Å². The van der Waals surface area contributed by atoms with Crippen molar-refractivity contribution in [2.45, 2.75) is 51.6 Å². The minimum atomic E-state index is -0.566. The summed E-state index contributed by atoms with van der Waals surface area (Å²) in [7, 11) is 0. The number of piperidine rings is 1. The Hall–Kier alpha value is -2.96. The smallest absolute Gasteiger partial charge is 0.316 e. The van der Waals surface area contributed by atoms with E-state index in [-0.39, 0.29) is 12.1 Å². The molecule has 2 atom stereocenters. The minimum Gasteiger partial charge on any atom is -0.338 e. The highest BCUT2D eigenvalue weighted by Crippen LogP contribution is 2.29. The van der Waals surface area contributed by atoms with Crippen molar-refractivity contribution in [3.8, 4) is 0 Å². The molecule has 7 nitrogen and oxygen atoms in total. The summed E-state index contributed by atoms with van der Waals surface area (Å²) in [5.74, 6) is 0.730. The van der Waals surface area contributed by atoms with E-state index in [9.17, 15) is 9.59 Å². The Morgan fingerprint density at radius 2 is 1.93 bits per heavy atom. The second kappa shape index (κ2) is 7.58. The highest BCUT2D eigenvalue weighted by molar-refractivity contribution is 5.74. The highest BCUT2D eigenvalue weighted by atomic mass is 16.2. The van der Waals surface area contributed by atoms with Gasteiger partial charge in [0.1, 0.15) is 0 Å². The Bertz CT molecular complexity index is 1090. The third-order valence-electron chi connectivity index (χ3n) is 5.53. The van der Waals surface area contributed by atoms with Crippen LogP contribution in [0, 0.1) is 0 Å². The normalized spacial score (nSPS) is 19.9. The molecular formula is C21H25N5O2. The van der Waals surface area contributed by atoms with Gasteiger partial charge in [0.05, 0.1) is 11.0 Å². The fourth-order valence-corrected chi connectivity index (χ4v) is 4.14. The molecule has 1 N–H and O–H groups in total. The number of nitrogens with zero attached hydrogens (tertiary/aromatic N) is 4. The zero-order valence-electron chi connectivity index (χ0n) is 16.3. The van der Waals surface area contributed by atoms with E-state index in [4.69, 9.17) is 0 Å². The monoisotopic (exact) mass is 379 g/mol. The number of aromatic nitrogens is 4. The summed E-state index contributed by atoms with van der Waals surface area (Å²) in [6.07, 6.45) is 7.38. The predicted molar refractivity (Wildman–Crippen MR) is 110 cm³/mol. The van der Waals surface area contributed by atoms with Gasteiger partial charge < -0.3 is 9.88 Å². The lowest BCUT2D eigenvalue weighted by atomic mass is 9.98. The average Bonchev–Trinajstić information content (AvgIpc) is 2.70. The van der Waals surface area contributed by atoms with Crippen LogP contribution in [-0.2, 0) is 6.42 Å². The van der Waals surface area contributed by atoms with Crippen molar-refractivity contribution in [3.05, 3.63) is 62.9 Å². The van der Waals surface area contributed by atoms with Crippen molar-refractivity contribution in [2.75, 3.05) is 11.4 Å². The summed E-state index contributed by atoms with van der Waals surface area (Å²) in [5, 5.41) is 0. The van der Waals surface area contributed by atoms with Gasteiger partial charge in [0.15, 0.2) is 0 Å². The summed E-state index contributed by atoms with van der Waals surface area (Å²) >= 11 is 0. The molecule has 0 amide bonds. The van der Waals surface area contributed by atoms with E-state index in [2.05, 4.69) is 33.7 Å². The molecule has 3 heterocycles. The van der Waals surface area contributed by atoms with E-state index >= 15 is 0 Å². The Labute approximate surface area is 163 Å². The van der Waals surface area contributed by atoms with E-state index in [1.165, 1.54) is 0 Å². The quantitative estimate of drug-likeness (QED) is 0.705. The van der Waals surface area contributed by atoms with Crippen molar-refractivity contribution >= 4 is 17.0 Å². The Morgan fingerprint density at radius 1 is 1.18 bits per heavy atom. The largest absolute Gasteiger partial charge is 0.338 e. The Balaban J connectivity index is 1.61. The van der Waals surface area contributed by atoms with Crippen LogP contribution in [0.5, 0.6) is 0 Å². The summed E-state index contributed by atoms with van der Waals surface area (Å²) in [6.45, 7) is 5.00. The highest BCUT2D eigenvalue weighted by Gasteiger charge is 2.29. The predicted octanol–water partition coefficient (Wildman–Crippen LogP) is 2.66. The fourth-order valence-electron chi connectivity index (χ4n) is 4.14. The first-order valence-electron chi connectivity index (χ1n) is 9.89. The molecule has 0 radical (unpaired) electrons. The molecule has 4 rings (SSSR count). The van der Waals surface area contributed by atoms with Gasteiger partial charge in [-0.1, -0.05) is 25.5 Å². The van der Waals surface area contributed by atoms with Crippen LogP contribution >= 0.6 is 0 Å². The van der Waals surface area contributed by atoms with Gasteiger partial charge in [0, 0.05) is 31.0 Å². The molecule has 1 fully saturated rings. The molecule has 0 bridgehead atoms. The number of benzene rings is 1. The van der Waals surface area contributed by atoms with Gasteiger partial charge in [-0.2, -0.15) is 0 Å². The maximum absolute atomic E-state index is 12.6. The van der Waals surface area contributed by atoms with Crippen molar-refractivity contribution in [2.24, 2.45) is 0 Å². The second-order valence-electron chi connectivity index (χ2n) is 7.51. The number of aryl methyl sites for hydroxylation is 1. The molecule has 28 heavy (non-hydrogen) atoms. The first kappa shape index (κ1) is 18.4. The number of H-pyrrole nitrogens is 1. The first-order chi connectivity index (χ1) is 13.6. The number of aromatic amines is 1. The number of fused-ring (bicyclic) bond motifs is 1. The van der Waals surface area contributed by atoms with Gasteiger partial charge in [-0.05, 0) is 43.9 Å². The number of hydrogen-bond acceptors (Lipinski definition) is 5. The average molecular weight is 379 g/mol. The summed E-state index contributed by atoms with van der Waals surface area (Å²) in [5.41, 5.74) is 1.57. The molecular weight excluding hydrogens is 354 g/mol. The molecule has 1 saturated heterocycles. The molecule has 1 aliphatic rings. The first-order valence-corrected chi connectivity index (χ1v) is 9.89. The lowest BCUT2D eigenvalue weighted by Gasteiger charge is -2.38. The molecule has 1 aliphatic heterocycles. The SMILES string of the molecule is CCCc1cnc(N2CCC(n3c(=O)c(=O)[nH]c4ccccc43)CC2C)nc1. The van der Waals surface area contributed by atoms with E-state index in [0.717, 1.165) is 49.3 Å². The van der Waals surface area contributed by atoms with Gasteiger partial charge in [-0.3, -0.25) is 14.2 Å². The van der Waals surface area contributed by atoms with Gasteiger partial charge >= 0.3 is 11.1 Å². The minimum absolute atomic E-state index is 0.0229. The van der Waals surface area contributed by atoms with Gasteiger partial charge in [-0.15, -0.1) is 0 Å². The van der Waals surface area contributed by atoms with Gasteiger partial charge in [0.2, 0.25) is 5.95 Å². The maximum Gasteiger partial charge on any atom is 0.316 e. The van der Waals surface area contributed by atoms with Crippen molar-refractivity contribution in [3.63, 3.8) is 0 Å². The molecule has 1 aromatic carbocycles. The number of rotatable bonds is 4. The van der Waals surface area contributed by atoms with Crippen molar-refractivity contribution in [1.82, 2.24) is 19.5 Å².